The zero-order valence-corrected chi connectivity index (χ0v) is 21.6. The fraction of sp³-hybridized carbons (Fsp3) is 0.346. The van der Waals surface area contributed by atoms with E-state index in [0.717, 1.165) is 5.56 Å². The van der Waals surface area contributed by atoms with Crippen molar-refractivity contribution in [1.82, 2.24) is 36.6 Å². The molecule has 0 saturated heterocycles. The van der Waals surface area contributed by atoms with Crippen molar-refractivity contribution in [3.63, 3.8) is 0 Å². The van der Waals surface area contributed by atoms with Gasteiger partial charge in [-0.1, -0.05) is 61.9 Å². The van der Waals surface area contributed by atoms with Gasteiger partial charge in [0.25, 0.3) is 0 Å². The highest BCUT2D eigenvalue weighted by Gasteiger charge is 2.38. The second-order valence-electron chi connectivity index (χ2n) is 9.09. The molecule has 39 heavy (non-hydrogen) atoms. The predicted octanol–water partition coefficient (Wildman–Crippen LogP) is 1.09. The van der Waals surface area contributed by atoms with Gasteiger partial charge in [-0.15, -0.1) is 10.2 Å². The van der Waals surface area contributed by atoms with Crippen LogP contribution in [0.25, 0.3) is 0 Å². The minimum Gasteiger partial charge on any atom is -0.410 e. The van der Waals surface area contributed by atoms with Gasteiger partial charge in [-0.3, -0.25) is 19.3 Å². The number of para-hydroxylation sites is 2. The summed E-state index contributed by atoms with van der Waals surface area (Å²) in [4.78, 5) is 53.3. The number of aromatic amines is 1. The molecule has 0 saturated carbocycles. The third-order valence-electron chi connectivity index (χ3n) is 6.49. The molecule has 0 bridgehead atoms. The van der Waals surface area contributed by atoms with E-state index in [1.54, 1.807) is 42.5 Å². The number of amides is 4. The van der Waals surface area contributed by atoms with Gasteiger partial charge in [-0.05, 0) is 29.7 Å². The van der Waals surface area contributed by atoms with Gasteiger partial charge >= 0.3 is 6.09 Å². The summed E-state index contributed by atoms with van der Waals surface area (Å²) in [5.41, 5.74) is 1.43. The molecule has 0 aliphatic carbocycles. The van der Waals surface area contributed by atoms with E-state index in [1.165, 1.54) is 4.90 Å². The number of carbonyl (C=O) groups is 4. The molecule has 2 heterocycles. The fourth-order valence-corrected chi connectivity index (χ4v) is 4.26. The lowest BCUT2D eigenvalue weighted by molar-refractivity contribution is -0.128. The number of hydrogen-bond donors (Lipinski definition) is 4. The first kappa shape index (κ1) is 27.2. The summed E-state index contributed by atoms with van der Waals surface area (Å²) in [5.74, 6) is -0.989. The molecule has 1 unspecified atom stereocenters. The standard InChI is InChI=1S/C26H30N8O5/c1-3-16(2)23(29-26(38)39-18-10-5-4-6-11-18)25(37)28-15-22(35)34-19-12-8-7-9-17(19)13-20(34)24(36)27-14-21-30-32-33-31-21/h4-12,16,20,23H,3,13-15H2,1-2H3,(H,27,36)(H,28,37)(H,29,38)(H,30,31,32,33)/t16-,20-,23?/m0/s1. The van der Waals surface area contributed by atoms with E-state index in [2.05, 4.69) is 36.6 Å². The zero-order chi connectivity index (χ0) is 27.8. The van der Waals surface area contributed by atoms with E-state index in [9.17, 15) is 19.2 Å². The van der Waals surface area contributed by atoms with Crippen LogP contribution in [-0.4, -0.2) is 63.1 Å². The predicted molar refractivity (Wildman–Crippen MR) is 139 cm³/mol. The molecule has 0 spiro atoms. The lowest BCUT2D eigenvalue weighted by Gasteiger charge is -2.26. The number of H-pyrrole nitrogens is 1. The summed E-state index contributed by atoms with van der Waals surface area (Å²) >= 11 is 0. The number of hydrogen-bond acceptors (Lipinski definition) is 8. The smallest absolute Gasteiger partial charge is 0.410 e. The Bertz CT molecular complexity index is 1300. The number of carbonyl (C=O) groups excluding carboxylic acids is 4. The summed E-state index contributed by atoms with van der Waals surface area (Å²) in [7, 11) is 0. The Hall–Kier alpha value is -4.81. The Labute approximate surface area is 224 Å². The van der Waals surface area contributed by atoms with Gasteiger partial charge in [-0.2, -0.15) is 5.21 Å². The number of fused-ring (bicyclic) bond motifs is 1. The van der Waals surface area contributed by atoms with Crippen LogP contribution in [0.3, 0.4) is 0 Å². The quantitative estimate of drug-likeness (QED) is 0.299. The number of ether oxygens (including phenoxy) is 1. The molecule has 4 amide bonds. The molecular formula is C26H30N8O5. The fourth-order valence-electron chi connectivity index (χ4n) is 4.26. The van der Waals surface area contributed by atoms with Crippen molar-refractivity contribution in [1.29, 1.82) is 0 Å². The van der Waals surface area contributed by atoms with Gasteiger partial charge in [0.2, 0.25) is 17.7 Å². The summed E-state index contributed by atoms with van der Waals surface area (Å²) in [6, 6.07) is 14.0. The molecule has 3 atom stereocenters. The third-order valence-corrected chi connectivity index (χ3v) is 6.49. The molecule has 0 radical (unpaired) electrons. The highest BCUT2D eigenvalue weighted by molar-refractivity contribution is 6.05. The molecule has 1 aliphatic rings. The Morgan fingerprint density at radius 1 is 1.08 bits per heavy atom. The number of nitrogens with one attached hydrogen (secondary N) is 4. The molecule has 13 nitrogen and oxygen atoms in total. The summed E-state index contributed by atoms with van der Waals surface area (Å²) in [5, 5.41) is 21.3. The van der Waals surface area contributed by atoms with Gasteiger partial charge in [0, 0.05) is 12.1 Å². The Balaban J connectivity index is 1.41. The first-order valence-corrected chi connectivity index (χ1v) is 12.6. The highest BCUT2D eigenvalue weighted by atomic mass is 16.6. The van der Waals surface area contributed by atoms with Gasteiger partial charge in [0.1, 0.15) is 17.8 Å². The van der Waals surface area contributed by atoms with Gasteiger partial charge < -0.3 is 20.7 Å². The van der Waals surface area contributed by atoms with Crippen molar-refractivity contribution >= 4 is 29.5 Å². The van der Waals surface area contributed by atoms with Crippen LogP contribution < -0.4 is 25.6 Å². The minimum absolute atomic E-state index is 0.0439. The first-order valence-electron chi connectivity index (χ1n) is 12.6. The molecule has 13 heteroatoms. The van der Waals surface area contributed by atoms with Crippen molar-refractivity contribution in [2.75, 3.05) is 11.4 Å². The molecule has 4 N–H and O–H groups in total. The topological polar surface area (TPSA) is 171 Å². The van der Waals surface area contributed by atoms with Gasteiger partial charge in [0.05, 0.1) is 13.1 Å². The van der Waals surface area contributed by atoms with Crippen molar-refractivity contribution in [3.05, 3.63) is 66.0 Å². The number of rotatable bonds is 10. The second-order valence-corrected chi connectivity index (χ2v) is 9.09. The maximum Gasteiger partial charge on any atom is 0.413 e. The van der Waals surface area contributed by atoms with Crippen LogP contribution in [0.15, 0.2) is 54.6 Å². The maximum absolute atomic E-state index is 13.4. The minimum atomic E-state index is -0.932. The van der Waals surface area contributed by atoms with E-state index in [4.69, 9.17) is 4.74 Å². The van der Waals surface area contributed by atoms with Crippen molar-refractivity contribution < 1.29 is 23.9 Å². The molecule has 3 aromatic rings. The first-order chi connectivity index (χ1) is 18.9. The van der Waals surface area contributed by atoms with Crippen LogP contribution >= 0.6 is 0 Å². The van der Waals surface area contributed by atoms with Crippen LogP contribution in [0.2, 0.25) is 0 Å². The maximum atomic E-state index is 13.4. The van der Waals surface area contributed by atoms with Crippen LogP contribution in [0.4, 0.5) is 10.5 Å². The molecule has 0 fully saturated rings. The van der Waals surface area contributed by atoms with Crippen LogP contribution in [0.5, 0.6) is 5.75 Å². The summed E-state index contributed by atoms with van der Waals surface area (Å²) in [6.07, 6.45) is 0.135. The number of tetrazole rings is 1. The number of aromatic nitrogens is 4. The van der Waals surface area contributed by atoms with E-state index in [1.807, 2.05) is 26.0 Å². The van der Waals surface area contributed by atoms with Crippen molar-refractivity contribution in [3.8, 4) is 5.75 Å². The highest BCUT2D eigenvalue weighted by Crippen LogP contribution is 2.32. The third kappa shape index (κ3) is 6.74. The normalized spacial score (nSPS) is 15.5. The number of anilines is 1. The zero-order valence-electron chi connectivity index (χ0n) is 21.6. The van der Waals surface area contributed by atoms with E-state index in [0.29, 0.717) is 30.1 Å². The molecule has 204 valence electrons. The van der Waals surface area contributed by atoms with Crippen molar-refractivity contribution in [2.45, 2.75) is 45.3 Å². The lowest BCUT2D eigenvalue weighted by atomic mass is 9.98. The number of nitrogens with zero attached hydrogens (tertiary/aromatic N) is 4. The van der Waals surface area contributed by atoms with Gasteiger partial charge in [0.15, 0.2) is 5.82 Å². The molecular weight excluding hydrogens is 504 g/mol. The Morgan fingerprint density at radius 3 is 2.54 bits per heavy atom. The van der Waals surface area contributed by atoms with E-state index in [-0.39, 0.29) is 19.0 Å². The average molecular weight is 535 g/mol. The molecule has 1 aliphatic heterocycles. The summed E-state index contributed by atoms with van der Waals surface area (Å²) < 4.78 is 5.26. The van der Waals surface area contributed by atoms with Crippen LogP contribution in [-0.2, 0) is 27.3 Å². The van der Waals surface area contributed by atoms with E-state index >= 15 is 0 Å². The monoisotopic (exact) mass is 534 g/mol. The SMILES string of the molecule is CC[C@H](C)C(NC(=O)Oc1ccccc1)C(=O)NCC(=O)N1c2ccccc2C[C@H]1C(=O)NCc1nn[nH]n1. The van der Waals surface area contributed by atoms with Crippen molar-refractivity contribution in [2.24, 2.45) is 5.92 Å². The van der Waals surface area contributed by atoms with E-state index < -0.39 is 35.9 Å². The average Bonchev–Trinajstić information content (AvgIpc) is 3.61. The Kier molecular flexibility index (Phi) is 8.82. The lowest BCUT2D eigenvalue weighted by Crippen LogP contribution is -2.54. The molecule has 4 rings (SSSR count). The number of benzene rings is 2. The van der Waals surface area contributed by atoms with Crippen LogP contribution in [0, 0.1) is 5.92 Å². The molecule has 1 aromatic heterocycles. The Morgan fingerprint density at radius 2 is 1.82 bits per heavy atom. The van der Waals surface area contributed by atoms with Gasteiger partial charge in [-0.25, -0.2) is 4.79 Å². The molecule has 2 aromatic carbocycles. The largest absolute Gasteiger partial charge is 0.413 e. The summed E-state index contributed by atoms with van der Waals surface area (Å²) in [6.45, 7) is 3.38. The second kappa shape index (κ2) is 12.6. The van der Waals surface area contributed by atoms with Crippen LogP contribution in [0.1, 0.15) is 31.7 Å².